The van der Waals surface area contributed by atoms with Gasteiger partial charge in [0.15, 0.2) is 0 Å². The molecular weight excluding hydrogens is 228 g/mol. The fraction of sp³-hybridized carbons (Fsp3) is 0.909. The zero-order valence-corrected chi connectivity index (χ0v) is 10.7. The maximum Gasteiger partial charge on any atom is 0.246 e. The summed E-state index contributed by atoms with van der Waals surface area (Å²) in [6.07, 6.45) is 4.98. The molecule has 0 aromatic heterocycles. The maximum atomic E-state index is 11.4. The van der Waals surface area contributed by atoms with Gasteiger partial charge in [-0.15, -0.1) is 12.4 Å². The zero-order chi connectivity index (χ0) is 11.1. The summed E-state index contributed by atoms with van der Waals surface area (Å²) < 4.78 is 5.17. The summed E-state index contributed by atoms with van der Waals surface area (Å²) in [7, 11) is 0. The van der Waals surface area contributed by atoms with Gasteiger partial charge in [0.05, 0.1) is 0 Å². The van der Waals surface area contributed by atoms with E-state index in [-0.39, 0.29) is 24.9 Å². The van der Waals surface area contributed by atoms with Crippen LogP contribution < -0.4 is 11.1 Å². The monoisotopic (exact) mass is 250 g/mol. The molecule has 16 heavy (non-hydrogen) atoms. The molecule has 0 unspecified atom stereocenters. The van der Waals surface area contributed by atoms with Crippen molar-refractivity contribution < 1.29 is 9.53 Å². The molecule has 0 aromatic rings. The van der Waals surface area contributed by atoms with Crippen molar-refractivity contribution >= 4 is 18.3 Å². The van der Waals surface area contributed by atoms with Crippen LogP contribution in [0.1, 0.15) is 39.0 Å². The Morgan fingerprint density at radius 1 is 1.38 bits per heavy atom. The molecule has 4 nitrogen and oxygen atoms in total. The molecule has 1 rings (SSSR count). The summed E-state index contributed by atoms with van der Waals surface area (Å²) in [5.41, 5.74) is 5.79. The number of nitrogens with one attached hydrogen (secondary N) is 1. The molecule has 0 saturated heterocycles. The third-order valence-electron chi connectivity index (χ3n) is 2.72. The van der Waals surface area contributed by atoms with Gasteiger partial charge in [-0.1, -0.05) is 6.92 Å². The highest BCUT2D eigenvalue weighted by molar-refractivity contribution is 5.85. The minimum absolute atomic E-state index is 0. The van der Waals surface area contributed by atoms with Gasteiger partial charge in [-0.25, -0.2) is 0 Å². The number of hydrogen-bond donors (Lipinski definition) is 2. The average molecular weight is 251 g/mol. The molecule has 1 fully saturated rings. The Balaban J connectivity index is 0.00000225. The van der Waals surface area contributed by atoms with Crippen LogP contribution in [0.3, 0.4) is 0 Å². The first-order valence-corrected chi connectivity index (χ1v) is 5.85. The van der Waals surface area contributed by atoms with E-state index < -0.39 is 0 Å². The topological polar surface area (TPSA) is 64.3 Å². The Morgan fingerprint density at radius 3 is 2.56 bits per heavy atom. The molecule has 1 saturated carbocycles. The van der Waals surface area contributed by atoms with E-state index in [1.54, 1.807) is 0 Å². The minimum Gasteiger partial charge on any atom is -0.372 e. The molecule has 5 heteroatoms. The lowest BCUT2D eigenvalue weighted by Crippen LogP contribution is -2.41. The number of carbonyl (C=O) groups excluding carboxylic acids is 1. The lowest BCUT2D eigenvalue weighted by atomic mass is 9.92. The fourth-order valence-electron chi connectivity index (χ4n) is 1.84. The van der Waals surface area contributed by atoms with Gasteiger partial charge in [0.1, 0.15) is 6.61 Å². The fourth-order valence-corrected chi connectivity index (χ4v) is 1.84. The molecule has 96 valence electrons. The normalized spacial score (nSPS) is 24.6. The van der Waals surface area contributed by atoms with Crippen molar-refractivity contribution in [2.45, 2.75) is 51.1 Å². The van der Waals surface area contributed by atoms with Crippen molar-refractivity contribution in [2.75, 3.05) is 13.2 Å². The minimum atomic E-state index is 0. The van der Waals surface area contributed by atoms with Crippen LogP contribution in [0.25, 0.3) is 0 Å². The number of amides is 1. The Hall–Kier alpha value is -0.320. The second-order valence-electron chi connectivity index (χ2n) is 4.23. The highest BCUT2D eigenvalue weighted by Crippen LogP contribution is 2.16. The molecule has 0 radical (unpaired) electrons. The predicted molar refractivity (Wildman–Crippen MR) is 66.7 cm³/mol. The van der Waals surface area contributed by atoms with Crippen LogP contribution in [0.2, 0.25) is 0 Å². The summed E-state index contributed by atoms with van der Waals surface area (Å²) in [5.74, 6) is 0.00363. The first-order chi connectivity index (χ1) is 7.22. The molecule has 1 aliphatic rings. The van der Waals surface area contributed by atoms with E-state index in [4.69, 9.17) is 10.5 Å². The Labute approximate surface area is 104 Å². The molecule has 1 aliphatic carbocycles. The SMILES string of the molecule is CCCOCC(=O)NC1CCC(N)CC1.Cl. The van der Waals surface area contributed by atoms with E-state index >= 15 is 0 Å². The Morgan fingerprint density at radius 2 is 2.00 bits per heavy atom. The molecule has 0 atom stereocenters. The standard InChI is InChI=1S/C11H22N2O2.ClH/c1-2-7-15-8-11(14)13-10-5-3-9(12)4-6-10;/h9-10H,2-8,12H2,1H3,(H,13,14);1H. The maximum absolute atomic E-state index is 11.4. The second kappa shape index (κ2) is 8.79. The van der Waals surface area contributed by atoms with Gasteiger partial charge in [0.2, 0.25) is 5.91 Å². The van der Waals surface area contributed by atoms with Gasteiger partial charge in [-0.3, -0.25) is 4.79 Å². The lowest BCUT2D eigenvalue weighted by Gasteiger charge is -2.26. The van der Waals surface area contributed by atoms with E-state index in [9.17, 15) is 4.79 Å². The van der Waals surface area contributed by atoms with Gasteiger partial charge in [-0.05, 0) is 32.1 Å². The van der Waals surface area contributed by atoms with Crippen molar-refractivity contribution in [1.29, 1.82) is 0 Å². The molecule has 0 heterocycles. The number of halogens is 1. The Bertz CT molecular complexity index is 194. The van der Waals surface area contributed by atoms with Crippen molar-refractivity contribution in [1.82, 2.24) is 5.32 Å². The zero-order valence-electron chi connectivity index (χ0n) is 9.91. The van der Waals surface area contributed by atoms with Crippen LogP contribution in [0.4, 0.5) is 0 Å². The van der Waals surface area contributed by atoms with E-state index in [1.807, 2.05) is 6.92 Å². The van der Waals surface area contributed by atoms with Gasteiger partial charge in [0, 0.05) is 18.7 Å². The van der Waals surface area contributed by atoms with Crippen LogP contribution in [-0.2, 0) is 9.53 Å². The molecule has 0 spiro atoms. The number of carbonyl (C=O) groups is 1. The van der Waals surface area contributed by atoms with Gasteiger partial charge >= 0.3 is 0 Å². The molecule has 0 aliphatic heterocycles. The summed E-state index contributed by atoms with van der Waals surface area (Å²) in [5, 5.41) is 2.98. The van der Waals surface area contributed by atoms with Gasteiger partial charge < -0.3 is 15.8 Å². The van der Waals surface area contributed by atoms with Crippen molar-refractivity contribution in [3.05, 3.63) is 0 Å². The summed E-state index contributed by atoms with van der Waals surface area (Å²) in [6.45, 7) is 2.87. The highest BCUT2D eigenvalue weighted by Gasteiger charge is 2.19. The lowest BCUT2D eigenvalue weighted by molar-refractivity contribution is -0.126. The smallest absolute Gasteiger partial charge is 0.246 e. The first kappa shape index (κ1) is 15.7. The van der Waals surface area contributed by atoms with Gasteiger partial charge in [-0.2, -0.15) is 0 Å². The Kier molecular flexibility index (Phi) is 8.61. The summed E-state index contributed by atoms with van der Waals surface area (Å²) >= 11 is 0. The second-order valence-corrected chi connectivity index (χ2v) is 4.23. The largest absolute Gasteiger partial charge is 0.372 e. The van der Waals surface area contributed by atoms with Crippen LogP contribution >= 0.6 is 12.4 Å². The van der Waals surface area contributed by atoms with Crippen molar-refractivity contribution in [3.8, 4) is 0 Å². The first-order valence-electron chi connectivity index (χ1n) is 5.85. The van der Waals surface area contributed by atoms with E-state index in [0.29, 0.717) is 18.7 Å². The van der Waals surface area contributed by atoms with E-state index in [2.05, 4.69) is 5.32 Å². The number of rotatable bonds is 5. The summed E-state index contributed by atoms with van der Waals surface area (Å²) in [4.78, 5) is 11.4. The van der Waals surface area contributed by atoms with Crippen molar-refractivity contribution in [2.24, 2.45) is 5.73 Å². The van der Waals surface area contributed by atoms with Crippen molar-refractivity contribution in [3.63, 3.8) is 0 Å². The third-order valence-corrected chi connectivity index (χ3v) is 2.72. The molecule has 1 amide bonds. The van der Waals surface area contributed by atoms with Crippen LogP contribution in [0.5, 0.6) is 0 Å². The number of nitrogens with two attached hydrogens (primary N) is 1. The van der Waals surface area contributed by atoms with Crippen LogP contribution in [-0.4, -0.2) is 31.2 Å². The third kappa shape index (κ3) is 6.30. The average Bonchev–Trinajstić information content (AvgIpc) is 2.22. The highest BCUT2D eigenvalue weighted by atomic mass is 35.5. The van der Waals surface area contributed by atoms with Crippen LogP contribution in [0.15, 0.2) is 0 Å². The molecule has 3 N–H and O–H groups in total. The van der Waals surface area contributed by atoms with E-state index in [1.165, 1.54) is 0 Å². The quantitative estimate of drug-likeness (QED) is 0.722. The number of hydrogen-bond acceptors (Lipinski definition) is 3. The molecular formula is C11H23ClN2O2. The molecule has 0 aromatic carbocycles. The number of ether oxygens (including phenoxy) is 1. The molecule has 0 bridgehead atoms. The predicted octanol–water partition coefficient (Wildman–Crippen LogP) is 1.22. The van der Waals surface area contributed by atoms with Gasteiger partial charge in [0.25, 0.3) is 0 Å². The van der Waals surface area contributed by atoms with Crippen LogP contribution in [0, 0.1) is 0 Å². The van der Waals surface area contributed by atoms with E-state index in [0.717, 1.165) is 32.1 Å². The summed E-state index contributed by atoms with van der Waals surface area (Å²) in [6, 6.07) is 0.636.